The number of halogens is 1. The van der Waals surface area contributed by atoms with Crippen LogP contribution in [0.3, 0.4) is 0 Å². The Balaban J connectivity index is 0.00000182. The van der Waals surface area contributed by atoms with E-state index in [9.17, 15) is 0 Å². The quantitative estimate of drug-likeness (QED) is 0.651. The highest BCUT2D eigenvalue weighted by Gasteiger charge is 2.14. The van der Waals surface area contributed by atoms with E-state index in [0.29, 0.717) is 6.61 Å². The van der Waals surface area contributed by atoms with Crippen LogP contribution in [0, 0.1) is 0 Å². The van der Waals surface area contributed by atoms with Crippen LogP contribution in [0.5, 0.6) is 5.75 Å². The summed E-state index contributed by atoms with van der Waals surface area (Å²) in [6.07, 6.45) is 3.53. The summed E-state index contributed by atoms with van der Waals surface area (Å²) in [6, 6.07) is 18.5. The van der Waals surface area contributed by atoms with Gasteiger partial charge in [0.05, 0.1) is 5.69 Å². The topological polar surface area (TPSA) is 34.1 Å². The molecule has 0 amide bonds. The number of nitrogens with one attached hydrogen (secondary N) is 1. The molecular weight excluding hydrogens is 352 g/mol. The normalized spacial score (nSPS) is 13.1. The van der Waals surface area contributed by atoms with E-state index in [4.69, 9.17) is 9.72 Å². The molecule has 25 heavy (non-hydrogen) atoms. The summed E-state index contributed by atoms with van der Waals surface area (Å²) in [4.78, 5) is 4.82. The highest BCUT2D eigenvalue weighted by molar-refractivity contribution is 7.19. The molecule has 0 unspecified atom stereocenters. The van der Waals surface area contributed by atoms with Crippen molar-refractivity contribution in [3.8, 4) is 16.3 Å². The molecule has 0 saturated carbocycles. The Morgan fingerprint density at radius 2 is 1.80 bits per heavy atom. The molecule has 0 spiro atoms. The SMILES string of the molecule is Cl.c1ccc(COc2ccc(-c3nc4c(s3)NCCCC4)cc2)cc1. The maximum absolute atomic E-state index is 5.85. The lowest BCUT2D eigenvalue weighted by molar-refractivity contribution is 0.306. The maximum atomic E-state index is 5.85. The minimum atomic E-state index is 0. The molecule has 0 bridgehead atoms. The number of aromatic nitrogens is 1. The van der Waals surface area contributed by atoms with Crippen LogP contribution in [0.15, 0.2) is 54.6 Å². The van der Waals surface area contributed by atoms with E-state index >= 15 is 0 Å². The molecule has 5 heteroatoms. The van der Waals surface area contributed by atoms with Gasteiger partial charge in [0.15, 0.2) is 0 Å². The number of fused-ring (bicyclic) bond motifs is 1. The summed E-state index contributed by atoms with van der Waals surface area (Å²) in [5, 5.41) is 5.83. The fourth-order valence-electron chi connectivity index (χ4n) is 2.84. The van der Waals surface area contributed by atoms with Crippen LogP contribution in [0.4, 0.5) is 5.00 Å². The summed E-state index contributed by atoms with van der Waals surface area (Å²) in [5.74, 6) is 0.888. The molecule has 2 heterocycles. The molecule has 1 aliphatic rings. The minimum absolute atomic E-state index is 0. The molecule has 0 aliphatic carbocycles. The molecule has 1 aromatic heterocycles. The van der Waals surface area contributed by atoms with Gasteiger partial charge in [0.2, 0.25) is 0 Å². The number of hydrogen-bond donors (Lipinski definition) is 1. The second kappa shape index (κ2) is 8.37. The fourth-order valence-corrected chi connectivity index (χ4v) is 3.88. The zero-order chi connectivity index (χ0) is 16.2. The predicted octanol–water partition coefficient (Wildman–Crippen LogP) is 5.56. The Morgan fingerprint density at radius 3 is 2.60 bits per heavy atom. The third kappa shape index (κ3) is 4.33. The average Bonchev–Trinajstić information content (AvgIpc) is 2.92. The highest BCUT2D eigenvalue weighted by atomic mass is 35.5. The highest BCUT2D eigenvalue weighted by Crippen LogP contribution is 2.34. The molecule has 130 valence electrons. The molecule has 0 atom stereocenters. The maximum Gasteiger partial charge on any atom is 0.125 e. The monoisotopic (exact) mass is 372 g/mol. The van der Waals surface area contributed by atoms with Crippen LogP contribution >= 0.6 is 23.7 Å². The lowest BCUT2D eigenvalue weighted by atomic mass is 10.2. The van der Waals surface area contributed by atoms with Crippen LogP contribution in [0.25, 0.3) is 10.6 Å². The van der Waals surface area contributed by atoms with Crippen LogP contribution in [-0.4, -0.2) is 11.5 Å². The molecule has 1 N–H and O–H groups in total. The van der Waals surface area contributed by atoms with Crippen molar-refractivity contribution < 1.29 is 4.74 Å². The summed E-state index contributed by atoms with van der Waals surface area (Å²) < 4.78 is 5.85. The van der Waals surface area contributed by atoms with Gasteiger partial charge in [-0.1, -0.05) is 41.7 Å². The van der Waals surface area contributed by atoms with E-state index in [1.165, 1.54) is 29.1 Å². The zero-order valence-corrected chi connectivity index (χ0v) is 15.5. The van der Waals surface area contributed by atoms with E-state index in [-0.39, 0.29) is 12.4 Å². The number of hydrogen-bond acceptors (Lipinski definition) is 4. The van der Waals surface area contributed by atoms with Crippen molar-refractivity contribution >= 4 is 28.7 Å². The van der Waals surface area contributed by atoms with Crippen LogP contribution in [0.2, 0.25) is 0 Å². The van der Waals surface area contributed by atoms with Gasteiger partial charge in [-0.3, -0.25) is 0 Å². The number of rotatable bonds is 4. The van der Waals surface area contributed by atoms with Gasteiger partial charge in [-0.15, -0.1) is 12.4 Å². The summed E-state index contributed by atoms with van der Waals surface area (Å²) in [5.41, 5.74) is 3.55. The van der Waals surface area contributed by atoms with Crippen molar-refractivity contribution in [2.75, 3.05) is 11.9 Å². The fraction of sp³-hybridized carbons (Fsp3) is 0.250. The number of anilines is 1. The van der Waals surface area contributed by atoms with Crippen LogP contribution in [0.1, 0.15) is 24.1 Å². The summed E-state index contributed by atoms with van der Waals surface area (Å²) in [7, 11) is 0. The first kappa shape index (κ1) is 17.8. The molecule has 0 radical (unpaired) electrons. The molecule has 0 fully saturated rings. The van der Waals surface area contributed by atoms with Crippen molar-refractivity contribution in [3.63, 3.8) is 0 Å². The number of ether oxygens (including phenoxy) is 1. The van der Waals surface area contributed by atoms with Crippen LogP contribution < -0.4 is 10.1 Å². The van der Waals surface area contributed by atoms with Crippen LogP contribution in [-0.2, 0) is 13.0 Å². The predicted molar refractivity (Wildman–Crippen MR) is 107 cm³/mol. The largest absolute Gasteiger partial charge is 0.489 e. The van der Waals surface area contributed by atoms with E-state index in [1.54, 1.807) is 11.3 Å². The molecule has 2 aromatic carbocycles. The first-order valence-corrected chi connectivity index (χ1v) is 9.21. The summed E-state index contributed by atoms with van der Waals surface area (Å²) >= 11 is 1.75. The standard InChI is InChI=1S/C20H20N2OS.ClH/c1-2-6-15(7-3-1)14-23-17-11-9-16(10-12-17)19-22-18-8-4-5-13-21-20(18)24-19;/h1-3,6-7,9-12,21H,4-5,8,13-14H2;1H. The lowest BCUT2D eigenvalue weighted by Gasteiger charge is -2.06. The molecule has 0 saturated heterocycles. The zero-order valence-electron chi connectivity index (χ0n) is 13.9. The van der Waals surface area contributed by atoms with E-state index < -0.39 is 0 Å². The van der Waals surface area contributed by atoms with Crippen molar-refractivity contribution in [3.05, 3.63) is 65.9 Å². The molecule has 3 aromatic rings. The molecule has 4 rings (SSSR count). The third-order valence-corrected chi connectivity index (χ3v) is 5.28. The Hall–Kier alpha value is -2.04. The van der Waals surface area contributed by atoms with Gasteiger partial charge in [-0.2, -0.15) is 0 Å². The van der Waals surface area contributed by atoms with E-state index in [0.717, 1.165) is 29.3 Å². The Morgan fingerprint density at radius 1 is 1.00 bits per heavy atom. The first-order valence-electron chi connectivity index (χ1n) is 8.39. The van der Waals surface area contributed by atoms with Gasteiger partial charge in [0, 0.05) is 12.1 Å². The first-order chi connectivity index (χ1) is 11.9. The molecule has 3 nitrogen and oxygen atoms in total. The van der Waals surface area contributed by atoms with Crippen molar-refractivity contribution in [1.29, 1.82) is 0 Å². The minimum Gasteiger partial charge on any atom is -0.489 e. The third-order valence-electron chi connectivity index (χ3n) is 4.17. The van der Waals surface area contributed by atoms with Crippen molar-refractivity contribution in [1.82, 2.24) is 4.98 Å². The van der Waals surface area contributed by atoms with Gasteiger partial charge < -0.3 is 10.1 Å². The smallest absolute Gasteiger partial charge is 0.125 e. The Labute approximate surface area is 158 Å². The van der Waals surface area contributed by atoms with Gasteiger partial charge in [-0.25, -0.2) is 4.98 Å². The second-order valence-electron chi connectivity index (χ2n) is 5.98. The van der Waals surface area contributed by atoms with Gasteiger partial charge in [0.1, 0.15) is 22.4 Å². The van der Waals surface area contributed by atoms with E-state index in [2.05, 4.69) is 29.6 Å². The Bertz CT molecular complexity index is 779. The lowest BCUT2D eigenvalue weighted by Crippen LogP contribution is -1.96. The number of thiazole rings is 1. The van der Waals surface area contributed by atoms with Crippen molar-refractivity contribution in [2.24, 2.45) is 0 Å². The van der Waals surface area contributed by atoms with Gasteiger partial charge in [0.25, 0.3) is 0 Å². The van der Waals surface area contributed by atoms with Gasteiger partial charge in [-0.05, 0) is 49.1 Å². The molecular formula is C20H21ClN2OS. The van der Waals surface area contributed by atoms with Gasteiger partial charge >= 0.3 is 0 Å². The second-order valence-corrected chi connectivity index (χ2v) is 6.98. The Kier molecular flexibility index (Phi) is 5.95. The summed E-state index contributed by atoms with van der Waals surface area (Å²) in [6.45, 7) is 1.65. The number of benzene rings is 2. The molecule has 1 aliphatic heterocycles. The van der Waals surface area contributed by atoms with Crippen molar-refractivity contribution in [2.45, 2.75) is 25.9 Å². The average molecular weight is 373 g/mol. The number of nitrogens with zero attached hydrogens (tertiary/aromatic N) is 1. The number of aryl methyl sites for hydroxylation is 1. The van der Waals surface area contributed by atoms with E-state index in [1.807, 2.05) is 30.3 Å².